The van der Waals surface area contributed by atoms with Crippen molar-refractivity contribution in [1.29, 1.82) is 0 Å². The third-order valence-electron chi connectivity index (χ3n) is 5.61. The number of hydrogen-bond acceptors (Lipinski definition) is 6. The molecule has 1 saturated heterocycles. The number of anilines is 1. The van der Waals surface area contributed by atoms with Gasteiger partial charge >= 0.3 is 0 Å². The Morgan fingerprint density at radius 3 is 2.75 bits per heavy atom. The lowest BCUT2D eigenvalue weighted by molar-refractivity contribution is 0.0958. The van der Waals surface area contributed by atoms with Crippen molar-refractivity contribution in [2.75, 3.05) is 38.1 Å². The molecule has 8 nitrogen and oxygen atoms in total. The quantitative estimate of drug-likeness (QED) is 0.552. The van der Waals surface area contributed by atoms with Gasteiger partial charge in [0.1, 0.15) is 11.4 Å². The fraction of sp³-hybridized carbons (Fsp3) is 0.391. The maximum Gasteiger partial charge on any atom is 0.270 e. The molecule has 2 N–H and O–H groups in total. The van der Waals surface area contributed by atoms with Crippen LogP contribution in [0.1, 0.15) is 39.2 Å². The summed E-state index contributed by atoms with van der Waals surface area (Å²) in [5, 5.41) is 2.07. The van der Waals surface area contributed by atoms with E-state index in [1.165, 1.54) is 6.07 Å². The summed E-state index contributed by atoms with van der Waals surface area (Å²) in [5.41, 5.74) is 3.73. The molecule has 0 unspecified atom stereocenters. The first-order valence-corrected chi connectivity index (χ1v) is 11.0. The number of amides is 1. The number of nitrogens with zero attached hydrogens (tertiary/aromatic N) is 4. The van der Waals surface area contributed by atoms with Crippen LogP contribution < -0.4 is 15.8 Å². The fourth-order valence-electron chi connectivity index (χ4n) is 3.93. The van der Waals surface area contributed by atoms with Crippen LogP contribution >= 0.6 is 11.6 Å². The second-order valence-corrected chi connectivity index (χ2v) is 8.20. The second kappa shape index (κ2) is 9.67. The third-order valence-corrected chi connectivity index (χ3v) is 5.89. The van der Waals surface area contributed by atoms with E-state index in [0.717, 1.165) is 42.7 Å². The van der Waals surface area contributed by atoms with Gasteiger partial charge < -0.3 is 15.2 Å². The van der Waals surface area contributed by atoms with E-state index in [0.29, 0.717) is 30.9 Å². The smallest absolute Gasteiger partial charge is 0.270 e. The molecule has 4 rings (SSSR count). The number of aromatic nitrogens is 3. The van der Waals surface area contributed by atoms with Gasteiger partial charge in [0.15, 0.2) is 5.15 Å². The number of fused-ring (bicyclic) bond motifs is 1. The maximum atomic E-state index is 12.2. The van der Waals surface area contributed by atoms with Crippen molar-refractivity contribution in [3.8, 4) is 0 Å². The summed E-state index contributed by atoms with van der Waals surface area (Å²) in [7, 11) is 0. The summed E-state index contributed by atoms with van der Waals surface area (Å²) in [6.07, 6.45) is 1.53. The predicted molar refractivity (Wildman–Crippen MR) is 126 cm³/mol. The highest BCUT2D eigenvalue weighted by Crippen LogP contribution is 2.25. The lowest BCUT2D eigenvalue weighted by atomic mass is 10.1. The molecule has 0 bridgehead atoms. The molecule has 0 radical (unpaired) electrons. The van der Waals surface area contributed by atoms with Gasteiger partial charge in [0.2, 0.25) is 0 Å². The largest absolute Gasteiger partial charge is 0.366 e. The van der Waals surface area contributed by atoms with Crippen molar-refractivity contribution in [1.82, 2.24) is 25.2 Å². The first-order valence-electron chi connectivity index (χ1n) is 12.1. The van der Waals surface area contributed by atoms with Gasteiger partial charge in [-0.05, 0) is 36.2 Å². The minimum absolute atomic E-state index is 0.0424. The number of halogens is 1. The Bertz CT molecular complexity index is 1290. The summed E-state index contributed by atoms with van der Waals surface area (Å²) >= 11 is 6.32. The highest BCUT2D eigenvalue weighted by atomic mass is 35.5. The van der Waals surface area contributed by atoms with E-state index in [9.17, 15) is 9.59 Å². The van der Waals surface area contributed by atoms with Gasteiger partial charge in [0.25, 0.3) is 11.5 Å². The van der Waals surface area contributed by atoms with Crippen molar-refractivity contribution in [2.24, 2.45) is 0 Å². The highest BCUT2D eigenvalue weighted by molar-refractivity contribution is 6.32. The molecule has 0 aliphatic carbocycles. The molecule has 1 fully saturated rings. The van der Waals surface area contributed by atoms with Gasteiger partial charge in [-0.25, -0.2) is 9.97 Å². The molecule has 3 aromatic rings. The predicted octanol–water partition coefficient (Wildman–Crippen LogP) is 2.61. The van der Waals surface area contributed by atoms with E-state index in [1.807, 2.05) is 30.4 Å². The van der Waals surface area contributed by atoms with E-state index in [1.54, 1.807) is 6.07 Å². The monoisotopic (exact) mass is 457 g/mol. The summed E-state index contributed by atoms with van der Waals surface area (Å²) in [6, 6.07) is 9.14. The minimum atomic E-state index is -2.59. The Labute approximate surface area is 195 Å². The first kappa shape index (κ1) is 18.6. The molecule has 1 aromatic carbocycles. The van der Waals surface area contributed by atoms with Gasteiger partial charge in [-0.15, -0.1) is 0 Å². The van der Waals surface area contributed by atoms with Crippen molar-refractivity contribution < 1.29 is 8.91 Å². The Balaban J connectivity index is 1.38. The van der Waals surface area contributed by atoms with Crippen LogP contribution in [0.15, 0.2) is 35.1 Å². The molecule has 2 aromatic heterocycles. The van der Waals surface area contributed by atoms with E-state index in [-0.39, 0.29) is 16.4 Å². The zero-order valence-corrected chi connectivity index (χ0v) is 18.6. The zero-order valence-electron chi connectivity index (χ0n) is 20.8. The van der Waals surface area contributed by atoms with E-state index in [4.69, 9.17) is 15.7 Å². The molecule has 1 amide bonds. The molecule has 1 aliphatic rings. The maximum absolute atomic E-state index is 12.2. The van der Waals surface area contributed by atoms with Gasteiger partial charge in [-0.3, -0.25) is 14.5 Å². The number of carbonyl (C=O) groups is 1. The topological polar surface area (TPSA) is 94.2 Å². The van der Waals surface area contributed by atoms with Crippen molar-refractivity contribution in [3.05, 3.63) is 62.8 Å². The first-order chi connectivity index (χ1) is 16.6. The van der Waals surface area contributed by atoms with Crippen LogP contribution in [0.2, 0.25) is 5.15 Å². The summed E-state index contributed by atoms with van der Waals surface area (Å²) in [6.45, 7) is 3.19. The second-order valence-electron chi connectivity index (χ2n) is 7.84. The van der Waals surface area contributed by atoms with E-state index < -0.39 is 12.9 Å². The number of H-pyrrole nitrogens is 1. The van der Waals surface area contributed by atoms with E-state index >= 15 is 0 Å². The number of aromatic amines is 1. The lowest BCUT2D eigenvalue weighted by Crippen LogP contribution is -2.46. The summed E-state index contributed by atoms with van der Waals surface area (Å²) in [4.78, 5) is 40.2. The normalized spacial score (nSPS) is 16.4. The van der Waals surface area contributed by atoms with Crippen molar-refractivity contribution in [2.45, 2.75) is 26.3 Å². The number of nitrogens with one attached hydrogen (secondary N) is 2. The summed E-state index contributed by atoms with van der Waals surface area (Å²) < 4.78 is 21.4. The molecule has 32 heavy (non-hydrogen) atoms. The fourth-order valence-corrected chi connectivity index (χ4v) is 4.21. The van der Waals surface area contributed by atoms with Crippen LogP contribution in [0.25, 0.3) is 11.0 Å². The molecular weight excluding hydrogens is 428 g/mol. The Kier molecular flexibility index (Phi) is 5.61. The van der Waals surface area contributed by atoms with Crippen LogP contribution in [0.3, 0.4) is 0 Å². The average molecular weight is 458 g/mol. The van der Waals surface area contributed by atoms with Gasteiger partial charge in [0.05, 0.1) is 16.7 Å². The molecule has 0 spiro atoms. The Hall–Kier alpha value is -2.97. The Morgan fingerprint density at radius 1 is 1.22 bits per heavy atom. The molecular formula is C23H27ClN6O2. The average Bonchev–Trinajstić information content (AvgIpc) is 2.79. The molecule has 0 atom stereocenters. The molecule has 1 aliphatic heterocycles. The van der Waals surface area contributed by atoms with Gasteiger partial charge in [-0.1, -0.05) is 31.0 Å². The molecule has 9 heteroatoms. The number of carbonyl (C=O) groups excluding carboxylic acids is 1. The van der Waals surface area contributed by atoms with Crippen LogP contribution in [-0.2, 0) is 13.0 Å². The van der Waals surface area contributed by atoms with Gasteiger partial charge in [0, 0.05) is 43.8 Å². The zero-order chi connectivity index (χ0) is 25.2. The van der Waals surface area contributed by atoms with Crippen molar-refractivity contribution >= 4 is 34.2 Å². The highest BCUT2D eigenvalue weighted by Gasteiger charge is 2.20. The standard InChI is InChI=1S/C23H27ClN6O2/c1-3-4-17-23(32)28-19-13-15(5-6-16(19)26-17)14-29-9-11-30(12-10-29)20-8-7-18(22(31)25-2)27-21(20)24/h5-8,13H,3-4,9-12,14H2,1-2H3,(H,25,31)(H,28,32)/i2D3. The van der Waals surface area contributed by atoms with Crippen LogP contribution in [-0.4, -0.2) is 58.9 Å². The van der Waals surface area contributed by atoms with Crippen molar-refractivity contribution in [3.63, 3.8) is 0 Å². The Morgan fingerprint density at radius 2 is 2.03 bits per heavy atom. The van der Waals surface area contributed by atoms with Crippen LogP contribution in [0.5, 0.6) is 0 Å². The molecule has 0 saturated carbocycles. The van der Waals surface area contributed by atoms with Gasteiger partial charge in [-0.2, -0.15) is 0 Å². The number of piperazine rings is 1. The number of pyridine rings is 1. The SMILES string of the molecule is [2H]C([2H])([2H])NC(=O)c1ccc(N2CCN(Cc3ccc4nc(CCC)c(=O)[nH]c4c3)CC2)c(Cl)n1. The van der Waals surface area contributed by atoms with Crippen LogP contribution in [0, 0.1) is 0 Å². The summed E-state index contributed by atoms with van der Waals surface area (Å²) in [5.74, 6) is -0.795. The lowest BCUT2D eigenvalue weighted by Gasteiger charge is -2.36. The number of hydrogen-bond donors (Lipinski definition) is 2. The molecule has 3 heterocycles. The minimum Gasteiger partial charge on any atom is -0.366 e. The van der Waals surface area contributed by atoms with Crippen LogP contribution in [0.4, 0.5) is 5.69 Å². The number of aryl methyl sites for hydroxylation is 1. The van der Waals surface area contributed by atoms with E-state index in [2.05, 4.69) is 24.8 Å². The number of rotatable bonds is 6. The molecule has 168 valence electrons. The number of benzene rings is 1. The third kappa shape index (κ3) is 4.76.